The van der Waals surface area contributed by atoms with Crippen molar-refractivity contribution >= 4 is 55.8 Å². The summed E-state index contributed by atoms with van der Waals surface area (Å²) in [6.07, 6.45) is 1.23. The second kappa shape index (κ2) is 6.61. The molecule has 27 heavy (non-hydrogen) atoms. The molecule has 11 heteroatoms. The molecular formula is C16H10BrN7O3. The van der Waals surface area contributed by atoms with Gasteiger partial charge in [-0.15, -0.1) is 10.2 Å². The number of phenolic OH excluding ortho intramolecular Hbond substituents is 1. The fourth-order valence-corrected chi connectivity index (χ4v) is 2.91. The maximum Gasteiger partial charge on any atom is 0.311 e. The molecule has 0 spiro atoms. The highest BCUT2D eigenvalue weighted by Gasteiger charge is 2.15. The number of nitro benzene ring substituents is 1. The van der Waals surface area contributed by atoms with Gasteiger partial charge >= 0.3 is 5.69 Å². The van der Waals surface area contributed by atoms with E-state index in [-0.39, 0.29) is 11.5 Å². The van der Waals surface area contributed by atoms with Gasteiger partial charge in [0.05, 0.1) is 11.1 Å². The summed E-state index contributed by atoms with van der Waals surface area (Å²) < 4.78 is 0.918. The first-order valence-corrected chi connectivity index (χ1v) is 8.39. The fourth-order valence-electron chi connectivity index (χ4n) is 2.55. The lowest BCUT2D eigenvalue weighted by molar-refractivity contribution is -0.385. The number of nitrogens with one attached hydrogen (secondary N) is 2. The van der Waals surface area contributed by atoms with Crippen molar-refractivity contribution < 1.29 is 10.0 Å². The largest absolute Gasteiger partial charge is 0.502 e. The molecule has 0 amide bonds. The molecule has 0 fully saturated rings. The Morgan fingerprint density at radius 3 is 2.96 bits per heavy atom. The maximum absolute atomic E-state index is 10.8. The Morgan fingerprint density at radius 2 is 2.15 bits per heavy atom. The van der Waals surface area contributed by atoms with Crippen LogP contribution >= 0.6 is 15.9 Å². The molecule has 0 atom stereocenters. The zero-order chi connectivity index (χ0) is 19.0. The monoisotopic (exact) mass is 427 g/mol. The molecule has 0 aliphatic heterocycles. The highest BCUT2D eigenvalue weighted by Crippen LogP contribution is 2.28. The maximum atomic E-state index is 10.8. The highest BCUT2D eigenvalue weighted by atomic mass is 79.9. The molecule has 0 radical (unpaired) electrons. The summed E-state index contributed by atoms with van der Waals surface area (Å²) in [6, 6.07) is 9.87. The molecule has 134 valence electrons. The molecule has 3 N–H and O–H groups in total. The van der Waals surface area contributed by atoms with Gasteiger partial charge in [0.15, 0.2) is 5.65 Å². The summed E-state index contributed by atoms with van der Waals surface area (Å²) in [5.41, 5.74) is 4.40. The second-order valence-corrected chi connectivity index (χ2v) is 6.41. The molecule has 4 rings (SSSR count). The van der Waals surface area contributed by atoms with Gasteiger partial charge in [-0.25, -0.2) is 5.43 Å². The Morgan fingerprint density at radius 1 is 1.30 bits per heavy atom. The molecule has 2 aromatic heterocycles. The van der Waals surface area contributed by atoms with Gasteiger partial charge in [0.2, 0.25) is 5.75 Å². The van der Waals surface area contributed by atoms with Crippen LogP contribution in [0.1, 0.15) is 5.56 Å². The zero-order valence-electron chi connectivity index (χ0n) is 13.4. The number of aromatic amines is 1. The van der Waals surface area contributed by atoms with Gasteiger partial charge in [0.1, 0.15) is 5.52 Å². The number of aromatic hydroxyl groups is 1. The number of para-hydroxylation sites is 1. The average molecular weight is 428 g/mol. The average Bonchev–Trinajstić information content (AvgIpc) is 3.00. The first kappa shape index (κ1) is 16.8. The van der Waals surface area contributed by atoms with E-state index in [9.17, 15) is 15.2 Å². The smallest absolute Gasteiger partial charge is 0.311 e. The van der Waals surface area contributed by atoms with E-state index in [1.54, 1.807) is 0 Å². The van der Waals surface area contributed by atoms with Crippen molar-refractivity contribution in [2.24, 2.45) is 5.10 Å². The van der Waals surface area contributed by atoms with Gasteiger partial charge in [-0.3, -0.25) is 10.1 Å². The van der Waals surface area contributed by atoms with E-state index in [0.29, 0.717) is 11.2 Å². The molecule has 0 aliphatic carbocycles. The van der Waals surface area contributed by atoms with Crippen molar-refractivity contribution in [1.82, 2.24) is 20.2 Å². The minimum absolute atomic E-state index is 0.134. The summed E-state index contributed by atoms with van der Waals surface area (Å²) in [4.78, 5) is 17.6. The highest BCUT2D eigenvalue weighted by molar-refractivity contribution is 9.10. The van der Waals surface area contributed by atoms with Crippen molar-refractivity contribution in [2.45, 2.75) is 0 Å². The van der Waals surface area contributed by atoms with Gasteiger partial charge in [-0.1, -0.05) is 22.0 Å². The second-order valence-electron chi connectivity index (χ2n) is 5.49. The topological polar surface area (TPSA) is 142 Å². The van der Waals surface area contributed by atoms with E-state index < -0.39 is 16.4 Å². The number of hydrogen-bond acceptors (Lipinski definition) is 8. The van der Waals surface area contributed by atoms with Gasteiger partial charge in [-0.2, -0.15) is 10.1 Å². The Hall–Kier alpha value is -3.60. The summed E-state index contributed by atoms with van der Waals surface area (Å²) in [7, 11) is 0. The minimum atomic E-state index is -0.671. The number of rotatable bonds is 4. The van der Waals surface area contributed by atoms with Crippen LogP contribution in [0, 0.1) is 10.1 Å². The van der Waals surface area contributed by atoms with Crippen LogP contribution in [0.5, 0.6) is 5.75 Å². The van der Waals surface area contributed by atoms with Crippen molar-refractivity contribution in [3.05, 3.63) is 56.5 Å². The molecule has 0 saturated carbocycles. The predicted octanol–water partition coefficient (Wildman–Crippen LogP) is 3.33. The number of benzene rings is 2. The molecule has 0 saturated heterocycles. The summed E-state index contributed by atoms with van der Waals surface area (Å²) in [5.74, 6) is -0.335. The number of anilines is 1. The number of H-pyrrole nitrogens is 1. The van der Waals surface area contributed by atoms with Crippen LogP contribution < -0.4 is 5.43 Å². The van der Waals surface area contributed by atoms with Crippen molar-refractivity contribution in [3.63, 3.8) is 0 Å². The molecule has 2 heterocycles. The lowest BCUT2D eigenvalue weighted by Crippen LogP contribution is -1.99. The zero-order valence-corrected chi connectivity index (χ0v) is 15.0. The lowest BCUT2D eigenvalue weighted by Gasteiger charge is -2.00. The van der Waals surface area contributed by atoms with Crippen LogP contribution in [0.4, 0.5) is 11.6 Å². The van der Waals surface area contributed by atoms with Crippen LogP contribution in [-0.4, -0.2) is 36.4 Å². The molecule has 0 aliphatic rings. The van der Waals surface area contributed by atoms with Crippen molar-refractivity contribution in [1.29, 1.82) is 0 Å². The van der Waals surface area contributed by atoms with Gasteiger partial charge in [0, 0.05) is 27.0 Å². The number of hydrazone groups is 1. The van der Waals surface area contributed by atoms with Crippen LogP contribution in [0.2, 0.25) is 0 Å². The van der Waals surface area contributed by atoms with E-state index in [1.165, 1.54) is 24.4 Å². The van der Waals surface area contributed by atoms with E-state index in [2.05, 4.69) is 46.6 Å². The molecular weight excluding hydrogens is 418 g/mol. The Kier molecular flexibility index (Phi) is 4.12. The number of aromatic nitrogens is 4. The van der Waals surface area contributed by atoms with E-state index in [1.807, 2.05) is 18.2 Å². The molecule has 0 unspecified atom stereocenters. The molecule has 0 bridgehead atoms. The number of nitrogens with zero attached hydrogens (tertiary/aromatic N) is 5. The predicted molar refractivity (Wildman–Crippen MR) is 103 cm³/mol. The normalized spacial score (nSPS) is 11.4. The third-order valence-corrected chi connectivity index (χ3v) is 4.28. The van der Waals surface area contributed by atoms with Crippen LogP contribution in [0.3, 0.4) is 0 Å². The van der Waals surface area contributed by atoms with Crippen molar-refractivity contribution in [3.8, 4) is 5.75 Å². The van der Waals surface area contributed by atoms with E-state index in [4.69, 9.17) is 0 Å². The fraction of sp³-hybridized carbons (Fsp3) is 0. The number of halogens is 1. The Bertz CT molecular complexity index is 1220. The first-order chi connectivity index (χ1) is 13.0. The standard InChI is InChI=1S/C16H10BrN7O3/c17-9-4-5-11-10(6-9)13-15(19-11)20-16(23-21-13)22-18-7-8-2-1-3-12(14(8)25)24(26)27/h1-7,25H,(H2,19,20,22,23)/b18-7-. The first-order valence-electron chi connectivity index (χ1n) is 7.60. The molecule has 2 aromatic carbocycles. The Balaban J connectivity index is 1.61. The Labute approximate surface area is 159 Å². The number of nitro groups is 1. The van der Waals surface area contributed by atoms with Crippen LogP contribution in [0.25, 0.3) is 22.1 Å². The van der Waals surface area contributed by atoms with Crippen molar-refractivity contribution in [2.75, 3.05) is 5.43 Å². The van der Waals surface area contributed by atoms with E-state index in [0.717, 1.165) is 15.4 Å². The number of phenols is 1. The van der Waals surface area contributed by atoms with Crippen LogP contribution in [0.15, 0.2) is 46.0 Å². The quantitative estimate of drug-likeness (QED) is 0.257. The summed E-state index contributed by atoms with van der Waals surface area (Å²) in [5, 5.41) is 33.6. The SMILES string of the molecule is O=[N+]([O-])c1cccc(/C=N\Nc2nnc3c(n2)[nH]c2ccc(Br)cc23)c1O. The lowest BCUT2D eigenvalue weighted by atomic mass is 10.2. The third-order valence-electron chi connectivity index (χ3n) is 3.79. The number of hydrogen-bond donors (Lipinski definition) is 3. The third kappa shape index (κ3) is 3.15. The minimum Gasteiger partial charge on any atom is -0.502 e. The molecule has 4 aromatic rings. The van der Waals surface area contributed by atoms with Gasteiger partial charge < -0.3 is 10.1 Å². The van der Waals surface area contributed by atoms with Gasteiger partial charge in [0.25, 0.3) is 5.95 Å². The summed E-state index contributed by atoms with van der Waals surface area (Å²) in [6.45, 7) is 0. The van der Waals surface area contributed by atoms with E-state index >= 15 is 0 Å². The number of fused-ring (bicyclic) bond motifs is 3. The van der Waals surface area contributed by atoms with Crippen LogP contribution in [-0.2, 0) is 0 Å². The molecule has 10 nitrogen and oxygen atoms in total. The van der Waals surface area contributed by atoms with Gasteiger partial charge in [-0.05, 0) is 24.3 Å². The summed E-state index contributed by atoms with van der Waals surface area (Å²) >= 11 is 3.42.